The molecule has 0 aliphatic rings. The Labute approximate surface area is 190 Å². The van der Waals surface area contributed by atoms with Crippen molar-refractivity contribution in [3.63, 3.8) is 0 Å². The minimum atomic E-state index is -3.39. The Balaban J connectivity index is 2.12. The lowest BCUT2D eigenvalue weighted by molar-refractivity contribution is -0.0663. The number of aliphatic hydroxyl groups is 2. The fourth-order valence-electron chi connectivity index (χ4n) is 2.82. The van der Waals surface area contributed by atoms with Crippen LogP contribution in [0.4, 0.5) is 0 Å². The molecule has 0 unspecified atom stereocenters. The van der Waals surface area contributed by atoms with Gasteiger partial charge in [-0.2, -0.15) is 9.78 Å². The van der Waals surface area contributed by atoms with Gasteiger partial charge in [0.05, 0.1) is 22.4 Å². The van der Waals surface area contributed by atoms with Gasteiger partial charge < -0.3 is 14.9 Å². The van der Waals surface area contributed by atoms with Crippen molar-refractivity contribution in [3.05, 3.63) is 70.1 Å². The molecule has 0 fully saturated rings. The number of hydrogen-bond donors (Lipinski definition) is 2. The van der Waals surface area contributed by atoms with Gasteiger partial charge in [-0.05, 0) is 49.7 Å². The highest BCUT2D eigenvalue weighted by Crippen LogP contribution is 2.28. The molecule has 0 spiro atoms. The lowest BCUT2D eigenvalue weighted by Crippen LogP contribution is -2.40. The largest absolute Gasteiger partial charge is 0.484 e. The summed E-state index contributed by atoms with van der Waals surface area (Å²) in [5, 5.41) is 24.8. The highest BCUT2D eigenvalue weighted by molar-refractivity contribution is 7.90. The van der Waals surface area contributed by atoms with Crippen LogP contribution in [-0.2, 0) is 9.84 Å². The van der Waals surface area contributed by atoms with Crippen LogP contribution in [0.3, 0.4) is 0 Å². The van der Waals surface area contributed by atoms with Gasteiger partial charge in [0.25, 0.3) is 0 Å². The quantitative estimate of drug-likeness (QED) is 0.535. The predicted octanol–water partition coefficient (Wildman–Crippen LogP) is 2.47. The van der Waals surface area contributed by atoms with E-state index in [9.17, 15) is 23.4 Å². The van der Waals surface area contributed by atoms with E-state index in [0.29, 0.717) is 21.8 Å². The minimum absolute atomic E-state index is 0.115. The summed E-state index contributed by atoms with van der Waals surface area (Å²) in [5.41, 5.74) is -0.852. The van der Waals surface area contributed by atoms with Crippen molar-refractivity contribution in [2.75, 3.05) is 12.9 Å². The van der Waals surface area contributed by atoms with E-state index in [1.165, 1.54) is 44.3 Å². The van der Waals surface area contributed by atoms with E-state index in [-0.39, 0.29) is 17.3 Å². The maximum atomic E-state index is 13.3. The lowest BCUT2D eigenvalue weighted by Gasteiger charge is -2.24. The van der Waals surface area contributed by atoms with E-state index >= 15 is 0 Å². The van der Waals surface area contributed by atoms with E-state index in [1.807, 2.05) is 0 Å². The Morgan fingerprint density at radius 3 is 2.41 bits per heavy atom. The molecule has 2 N–H and O–H groups in total. The van der Waals surface area contributed by atoms with Gasteiger partial charge >= 0.3 is 5.56 Å². The molecule has 0 saturated heterocycles. The maximum absolute atomic E-state index is 13.3. The molecule has 1 heterocycles. The van der Waals surface area contributed by atoms with Crippen LogP contribution < -0.4 is 10.3 Å². The Kier molecular flexibility index (Phi) is 6.75. The van der Waals surface area contributed by atoms with Crippen LogP contribution >= 0.6 is 11.6 Å². The van der Waals surface area contributed by atoms with Gasteiger partial charge in [-0.15, -0.1) is 0 Å². The van der Waals surface area contributed by atoms with E-state index < -0.39 is 27.1 Å². The van der Waals surface area contributed by atoms with Crippen LogP contribution in [0, 0.1) is 0 Å². The molecular formula is C22H23ClN2O6S. The number of sulfone groups is 1. The number of aromatic nitrogens is 2. The number of rotatable bonds is 7. The fraction of sp³-hybridized carbons (Fsp3) is 0.273. The van der Waals surface area contributed by atoms with Crippen molar-refractivity contribution < 1.29 is 23.4 Å². The van der Waals surface area contributed by atoms with Gasteiger partial charge in [0.1, 0.15) is 12.7 Å². The van der Waals surface area contributed by atoms with Gasteiger partial charge in [0.2, 0.25) is 0 Å². The monoisotopic (exact) mass is 478 g/mol. The summed E-state index contributed by atoms with van der Waals surface area (Å²) in [6.45, 7) is 2.48. The molecule has 3 rings (SSSR count). The summed E-state index contributed by atoms with van der Waals surface area (Å²) < 4.78 is 30.3. The summed E-state index contributed by atoms with van der Waals surface area (Å²) in [4.78, 5) is 13.4. The van der Waals surface area contributed by atoms with Crippen molar-refractivity contribution in [1.29, 1.82) is 0 Å². The third-order valence-corrected chi connectivity index (χ3v) is 6.14. The van der Waals surface area contributed by atoms with Crippen LogP contribution in [0.1, 0.15) is 13.8 Å². The van der Waals surface area contributed by atoms with Gasteiger partial charge in [-0.3, -0.25) is 4.79 Å². The van der Waals surface area contributed by atoms with Gasteiger partial charge in [-0.1, -0.05) is 29.8 Å². The number of nitrogens with zero attached hydrogens (tertiary/aromatic N) is 2. The number of ether oxygens (including phenoxy) is 1. The van der Waals surface area contributed by atoms with E-state index in [4.69, 9.17) is 16.3 Å². The first-order chi connectivity index (χ1) is 14.9. The Hall–Kier alpha value is -2.72. The second kappa shape index (κ2) is 9.03. The molecule has 0 bridgehead atoms. The van der Waals surface area contributed by atoms with Crippen LogP contribution in [0.15, 0.2) is 64.4 Å². The molecule has 8 nitrogen and oxygen atoms in total. The Bertz CT molecular complexity index is 1280. The topological polar surface area (TPSA) is 119 Å². The Morgan fingerprint density at radius 2 is 1.84 bits per heavy atom. The third kappa shape index (κ3) is 5.36. The average Bonchev–Trinajstić information content (AvgIpc) is 2.71. The minimum Gasteiger partial charge on any atom is -0.484 e. The molecule has 0 radical (unpaired) electrons. The van der Waals surface area contributed by atoms with Crippen LogP contribution in [0.25, 0.3) is 16.8 Å². The Morgan fingerprint density at radius 1 is 1.19 bits per heavy atom. The summed E-state index contributed by atoms with van der Waals surface area (Å²) >= 11 is 6.03. The zero-order valence-corrected chi connectivity index (χ0v) is 19.3. The smallest absolute Gasteiger partial charge is 0.314 e. The SMILES string of the molecule is CC(C)(O)[C@@H](O)COc1c(-c2ccc(S(C)(=O)=O)cc2)cnn(-c2cccc(Cl)c2)c1=O. The summed E-state index contributed by atoms with van der Waals surface area (Å²) in [5.74, 6) is -0.115. The highest BCUT2D eigenvalue weighted by Gasteiger charge is 2.26. The number of hydrogen-bond acceptors (Lipinski definition) is 7. The van der Waals surface area contributed by atoms with E-state index in [2.05, 4.69) is 5.10 Å². The first kappa shape index (κ1) is 23.9. The molecule has 0 saturated carbocycles. The van der Waals surface area contributed by atoms with Crippen LogP contribution in [0.2, 0.25) is 5.02 Å². The molecule has 0 aliphatic heterocycles. The van der Waals surface area contributed by atoms with Crippen molar-refractivity contribution in [3.8, 4) is 22.6 Å². The summed E-state index contributed by atoms with van der Waals surface area (Å²) in [6.07, 6.45) is 1.24. The van der Waals surface area contributed by atoms with Gasteiger partial charge in [0.15, 0.2) is 15.6 Å². The zero-order valence-electron chi connectivity index (χ0n) is 17.7. The van der Waals surface area contributed by atoms with Crippen molar-refractivity contribution in [2.24, 2.45) is 0 Å². The molecular weight excluding hydrogens is 456 g/mol. The first-order valence-corrected chi connectivity index (χ1v) is 11.9. The fourth-order valence-corrected chi connectivity index (χ4v) is 3.64. The number of benzene rings is 2. The second-order valence-electron chi connectivity index (χ2n) is 7.86. The first-order valence-electron chi connectivity index (χ1n) is 9.60. The standard InChI is InChI=1S/C22H23ClN2O6S/c1-22(2,28)19(26)13-31-20-18(14-7-9-17(10-8-14)32(3,29)30)12-24-25(21(20)27)16-6-4-5-15(23)11-16/h4-12,19,26,28H,13H2,1-3H3/t19-/m0/s1. The molecule has 32 heavy (non-hydrogen) atoms. The molecule has 1 aromatic heterocycles. The molecule has 0 amide bonds. The van der Waals surface area contributed by atoms with Crippen LogP contribution in [-0.4, -0.2) is 53.0 Å². The maximum Gasteiger partial charge on any atom is 0.314 e. The molecule has 10 heteroatoms. The number of aliphatic hydroxyl groups excluding tert-OH is 1. The molecule has 3 aromatic rings. The van der Waals surface area contributed by atoms with Crippen molar-refractivity contribution in [1.82, 2.24) is 9.78 Å². The summed E-state index contributed by atoms with van der Waals surface area (Å²) in [7, 11) is -3.39. The van der Waals surface area contributed by atoms with Gasteiger partial charge in [-0.25, -0.2) is 8.42 Å². The number of halogens is 1. The van der Waals surface area contributed by atoms with Crippen molar-refractivity contribution in [2.45, 2.75) is 30.4 Å². The third-order valence-electron chi connectivity index (χ3n) is 4.78. The normalized spacial score (nSPS) is 13.1. The van der Waals surface area contributed by atoms with Crippen molar-refractivity contribution >= 4 is 21.4 Å². The molecule has 0 aliphatic carbocycles. The lowest BCUT2D eigenvalue weighted by atomic mass is 10.0. The molecule has 2 aromatic carbocycles. The van der Waals surface area contributed by atoms with Gasteiger partial charge in [0, 0.05) is 16.8 Å². The summed E-state index contributed by atoms with van der Waals surface area (Å²) in [6, 6.07) is 12.5. The predicted molar refractivity (Wildman–Crippen MR) is 121 cm³/mol. The second-order valence-corrected chi connectivity index (χ2v) is 10.3. The van der Waals surface area contributed by atoms with E-state index in [0.717, 1.165) is 10.9 Å². The average molecular weight is 479 g/mol. The van der Waals surface area contributed by atoms with E-state index in [1.54, 1.807) is 24.3 Å². The molecule has 1 atom stereocenters. The van der Waals surface area contributed by atoms with Crippen LogP contribution in [0.5, 0.6) is 5.75 Å². The highest BCUT2D eigenvalue weighted by atomic mass is 35.5. The zero-order chi connectivity index (χ0) is 23.7. The molecule has 170 valence electrons.